The van der Waals surface area contributed by atoms with Crippen LogP contribution in [0.5, 0.6) is 0 Å². The van der Waals surface area contributed by atoms with Crippen LogP contribution in [-0.4, -0.2) is 23.0 Å². The number of nitrogens with one attached hydrogen (secondary N) is 1. The van der Waals surface area contributed by atoms with E-state index in [1.807, 2.05) is 24.3 Å². The lowest BCUT2D eigenvalue weighted by atomic mass is 9.88. The molecule has 1 aromatic rings. The van der Waals surface area contributed by atoms with Crippen molar-refractivity contribution in [2.75, 3.05) is 0 Å². The second-order valence-corrected chi connectivity index (χ2v) is 6.02. The summed E-state index contributed by atoms with van der Waals surface area (Å²) in [5.74, 6) is -0.679. The van der Waals surface area contributed by atoms with Gasteiger partial charge in [-0.25, -0.2) is 0 Å². The van der Waals surface area contributed by atoms with Crippen LogP contribution in [0.25, 0.3) is 0 Å². The van der Waals surface area contributed by atoms with Crippen molar-refractivity contribution < 1.29 is 14.7 Å². The molecule has 0 radical (unpaired) electrons. The van der Waals surface area contributed by atoms with Crippen LogP contribution in [0.2, 0.25) is 0 Å². The standard InChI is InChI=1S/C17H24N2O3/c18-15(17(21)22)10-12-6-8-13(9-7-12)11-19-16(20)14-4-2-1-3-5-14/h6-9,14-15H,1-5,10-11,18H2,(H,19,20)(H,21,22)/t15-/m0/s1. The smallest absolute Gasteiger partial charge is 0.320 e. The molecule has 2 rings (SSSR count). The topological polar surface area (TPSA) is 92.4 Å². The fraction of sp³-hybridized carbons (Fsp3) is 0.529. The number of rotatable bonds is 6. The van der Waals surface area contributed by atoms with Crippen LogP contribution in [0, 0.1) is 5.92 Å². The Balaban J connectivity index is 1.80. The van der Waals surface area contributed by atoms with E-state index in [1.54, 1.807) is 0 Å². The summed E-state index contributed by atoms with van der Waals surface area (Å²) in [6, 6.07) is 6.67. The fourth-order valence-corrected chi connectivity index (χ4v) is 2.83. The van der Waals surface area contributed by atoms with Crippen molar-refractivity contribution in [3.05, 3.63) is 35.4 Å². The Labute approximate surface area is 130 Å². The normalized spacial score (nSPS) is 17.0. The largest absolute Gasteiger partial charge is 0.480 e. The van der Waals surface area contributed by atoms with Crippen LogP contribution in [0.1, 0.15) is 43.2 Å². The Bertz CT molecular complexity index is 507. The zero-order valence-corrected chi connectivity index (χ0v) is 12.8. The van der Waals surface area contributed by atoms with E-state index in [1.165, 1.54) is 6.42 Å². The minimum absolute atomic E-state index is 0.150. The Morgan fingerprint density at radius 1 is 1.14 bits per heavy atom. The highest BCUT2D eigenvalue weighted by Gasteiger charge is 2.20. The molecule has 120 valence electrons. The maximum absolute atomic E-state index is 12.1. The van der Waals surface area contributed by atoms with E-state index in [0.29, 0.717) is 13.0 Å². The van der Waals surface area contributed by atoms with Crippen LogP contribution >= 0.6 is 0 Å². The molecule has 22 heavy (non-hydrogen) atoms. The number of nitrogens with two attached hydrogens (primary N) is 1. The average Bonchev–Trinajstić information content (AvgIpc) is 2.54. The minimum Gasteiger partial charge on any atom is -0.480 e. The molecule has 1 saturated carbocycles. The molecule has 4 N–H and O–H groups in total. The first-order valence-electron chi connectivity index (χ1n) is 7.90. The Hall–Kier alpha value is -1.88. The van der Waals surface area contributed by atoms with Crippen molar-refractivity contribution in [2.45, 2.75) is 51.1 Å². The SMILES string of the molecule is N[C@@H](Cc1ccc(CNC(=O)C2CCCCC2)cc1)C(=O)O. The molecule has 0 heterocycles. The van der Waals surface area contributed by atoms with Gasteiger partial charge in [-0.05, 0) is 30.4 Å². The summed E-state index contributed by atoms with van der Waals surface area (Å²) in [6.07, 6.45) is 5.84. The van der Waals surface area contributed by atoms with Crippen LogP contribution in [0.3, 0.4) is 0 Å². The fourth-order valence-electron chi connectivity index (χ4n) is 2.83. The number of carbonyl (C=O) groups is 2. The summed E-state index contributed by atoms with van der Waals surface area (Å²) in [5, 5.41) is 11.8. The van der Waals surface area contributed by atoms with E-state index in [2.05, 4.69) is 5.32 Å². The number of hydrogen-bond acceptors (Lipinski definition) is 3. The number of carboxylic acid groups (broad SMARTS) is 1. The molecule has 1 aromatic carbocycles. The van der Waals surface area contributed by atoms with Gasteiger partial charge >= 0.3 is 5.97 Å². The van der Waals surface area contributed by atoms with Crippen molar-refractivity contribution in [1.29, 1.82) is 0 Å². The van der Waals surface area contributed by atoms with Crippen molar-refractivity contribution in [3.8, 4) is 0 Å². The lowest BCUT2D eigenvalue weighted by Crippen LogP contribution is -2.32. The molecule has 0 spiro atoms. The van der Waals surface area contributed by atoms with Gasteiger partial charge in [0.1, 0.15) is 6.04 Å². The molecule has 1 fully saturated rings. The van der Waals surface area contributed by atoms with Crippen molar-refractivity contribution >= 4 is 11.9 Å². The molecule has 0 aliphatic heterocycles. The highest BCUT2D eigenvalue weighted by molar-refractivity contribution is 5.78. The molecule has 5 nitrogen and oxygen atoms in total. The number of hydrogen-bond donors (Lipinski definition) is 3. The van der Waals surface area contributed by atoms with Gasteiger partial charge in [-0.3, -0.25) is 9.59 Å². The van der Waals surface area contributed by atoms with E-state index >= 15 is 0 Å². The second kappa shape index (κ2) is 7.94. The molecule has 0 bridgehead atoms. The van der Waals surface area contributed by atoms with E-state index in [-0.39, 0.29) is 11.8 Å². The third-order valence-corrected chi connectivity index (χ3v) is 4.24. The summed E-state index contributed by atoms with van der Waals surface area (Å²) in [6.45, 7) is 0.514. The van der Waals surface area contributed by atoms with Crippen LogP contribution in [-0.2, 0) is 22.6 Å². The van der Waals surface area contributed by atoms with Crippen molar-refractivity contribution in [3.63, 3.8) is 0 Å². The summed E-state index contributed by atoms with van der Waals surface area (Å²) < 4.78 is 0. The molecule has 5 heteroatoms. The molecule has 0 saturated heterocycles. The van der Waals surface area contributed by atoms with Crippen LogP contribution < -0.4 is 11.1 Å². The van der Waals surface area contributed by atoms with Crippen molar-refractivity contribution in [2.24, 2.45) is 11.7 Å². The lowest BCUT2D eigenvalue weighted by Gasteiger charge is -2.20. The zero-order chi connectivity index (χ0) is 15.9. The predicted octanol–water partition coefficient (Wildman–Crippen LogP) is 1.84. The number of benzene rings is 1. The Morgan fingerprint density at radius 2 is 1.73 bits per heavy atom. The number of amides is 1. The first-order valence-corrected chi connectivity index (χ1v) is 7.90. The quantitative estimate of drug-likeness (QED) is 0.747. The van der Waals surface area contributed by atoms with E-state index in [9.17, 15) is 9.59 Å². The first kappa shape index (κ1) is 16.5. The molecule has 1 amide bonds. The van der Waals surface area contributed by atoms with Crippen molar-refractivity contribution in [1.82, 2.24) is 5.32 Å². The molecule has 1 atom stereocenters. The second-order valence-electron chi connectivity index (χ2n) is 6.02. The molecule has 0 aromatic heterocycles. The van der Waals surface area contributed by atoms with E-state index in [4.69, 9.17) is 10.8 Å². The average molecular weight is 304 g/mol. The van der Waals surface area contributed by atoms with Gasteiger partial charge in [-0.15, -0.1) is 0 Å². The van der Waals surface area contributed by atoms with Gasteiger partial charge in [-0.1, -0.05) is 43.5 Å². The summed E-state index contributed by atoms with van der Waals surface area (Å²) >= 11 is 0. The van der Waals surface area contributed by atoms with Gasteiger partial charge < -0.3 is 16.2 Å². The molecule has 0 unspecified atom stereocenters. The molecular weight excluding hydrogens is 280 g/mol. The van der Waals surface area contributed by atoms with Gasteiger partial charge in [0.2, 0.25) is 5.91 Å². The Morgan fingerprint density at radius 3 is 2.32 bits per heavy atom. The van der Waals surface area contributed by atoms with Crippen LogP contribution in [0.4, 0.5) is 0 Å². The van der Waals surface area contributed by atoms with E-state index < -0.39 is 12.0 Å². The predicted molar refractivity (Wildman–Crippen MR) is 84.2 cm³/mol. The van der Waals surface area contributed by atoms with Gasteiger partial charge in [0.25, 0.3) is 0 Å². The molecular formula is C17H24N2O3. The van der Waals surface area contributed by atoms with Gasteiger partial charge in [0.15, 0.2) is 0 Å². The number of carbonyl (C=O) groups excluding carboxylic acids is 1. The maximum Gasteiger partial charge on any atom is 0.320 e. The van der Waals surface area contributed by atoms with Gasteiger partial charge in [0.05, 0.1) is 0 Å². The zero-order valence-electron chi connectivity index (χ0n) is 12.8. The van der Waals surface area contributed by atoms with Crippen LogP contribution in [0.15, 0.2) is 24.3 Å². The maximum atomic E-state index is 12.1. The molecule has 1 aliphatic carbocycles. The van der Waals surface area contributed by atoms with E-state index in [0.717, 1.165) is 36.8 Å². The third-order valence-electron chi connectivity index (χ3n) is 4.24. The molecule has 1 aliphatic rings. The van der Waals surface area contributed by atoms with Gasteiger partial charge in [0, 0.05) is 12.5 Å². The first-order chi connectivity index (χ1) is 10.6. The summed E-state index contributed by atoms with van der Waals surface area (Å²) in [5.41, 5.74) is 7.41. The summed E-state index contributed by atoms with van der Waals surface area (Å²) in [4.78, 5) is 22.8. The highest BCUT2D eigenvalue weighted by Crippen LogP contribution is 2.23. The van der Waals surface area contributed by atoms with Gasteiger partial charge in [-0.2, -0.15) is 0 Å². The number of carboxylic acids is 1. The number of aliphatic carboxylic acids is 1. The lowest BCUT2D eigenvalue weighted by molar-refractivity contribution is -0.138. The summed E-state index contributed by atoms with van der Waals surface area (Å²) in [7, 11) is 0. The Kier molecular flexibility index (Phi) is 5.95. The monoisotopic (exact) mass is 304 g/mol. The highest BCUT2D eigenvalue weighted by atomic mass is 16.4. The minimum atomic E-state index is -0.996. The third kappa shape index (κ3) is 4.84.